The summed E-state index contributed by atoms with van der Waals surface area (Å²) in [5.41, 5.74) is 0.313. The lowest BCUT2D eigenvalue weighted by atomic mass is 10.2. The minimum absolute atomic E-state index is 0.347. The van der Waals surface area contributed by atoms with E-state index in [1.165, 1.54) is 0 Å². The van der Waals surface area contributed by atoms with Crippen LogP contribution in [0.25, 0.3) is 10.9 Å². The molecule has 17 heavy (non-hydrogen) atoms. The molecule has 4 heteroatoms. The van der Waals surface area contributed by atoms with Crippen LogP contribution in [0.2, 0.25) is 0 Å². The molecule has 2 aromatic rings. The third kappa shape index (κ3) is 2.46. The van der Waals surface area contributed by atoms with Crippen molar-refractivity contribution in [2.45, 2.75) is 26.2 Å². The maximum Gasteiger partial charge on any atom is 0.346 e. The number of aryl methyl sites for hydroxylation is 1. The van der Waals surface area contributed by atoms with Crippen LogP contribution in [-0.4, -0.2) is 12.1 Å². The largest absolute Gasteiger partial charge is 0.497 e. The van der Waals surface area contributed by atoms with Gasteiger partial charge in [-0.1, -0.05) is 13.3 Å². The number of methoxy groups -OCH3 is 1. The third-order valence-electron chi connectivity index (χ3n) is 2.62. The molecule has 1 aromatic heterocycles. The molecular weight excluding hydrogens is 218 g/mol. The molecule has 0 amide bonds. The lowest BCUT2D eigenvalue weighted by Gasteiger charge is -2.02. The number of aromatic nitrogens is 1. The molecule has 4 nitrogen and oxygen atoms in total. The van der Waals surface area contributed by atoms with Crippen molar-refractivity contribution in [2.24, 2.45) is 0 Å². The average molecular weight is 233 g/mol. The number of hydrogen-bond acceptors (Lipinski definition) is 4. The van der Waals surface area contributed by atoms with Gasteiger partial charge in [-0.2, -0.15) is 0 Å². The summed E-state index contributed by atoms with van der Waals surface area (Å²) in [6, 6.07) is 5.22. The molecule has 0 radical (unpaired) electrons. The smallest absolute Gasteiger partial charge is 0.346 e. The van der Waals surface area contributed by atoms with Crippen LogP contribution < -0.4 is 10.4 Å². The number of unbranched alkanes of at least 4 members (excludes halogenated alkanes) is 1. The molecule has 0 bridgehead atoms. The van der Waals surface area contributed by atoms with Crippen molar-refractivity contribution in [1.29, 1.82) is 0 Å². The van der Waals surface area contributed by atoms with Crippen LogP contribution >= 0.6 is 0 Å². The van der Waals surface area contributed by atoms with Gasteiger partial charge in [0.2, 0.25) is 0 Å². The van der Waals surface area contributed by atoms with Crippen LogP contribution in [0, 0.1) is 0 Å². The highest BCUT2D eigenvalue weighted by Crippen LogP contribution is 2.17. The van der Waals surface area contributed by atoms with Gasteiger partial charge in [0, 0.05) is 6.42 Å². The van der Waals surface area contributed by atoms with Crippen molar-refractivity contribution in [2.75, 3.05) is 7.11 Å². The zero-order chi connectivity index (χ0) is 12.3. The van der Waals surface area contributed by atoms with Crippen LogP contribution in [0.15, 0.2) is 27.4 Å². The minimum atomic E-state index is -0.347. The van der Waals surface area contributed by atoms with Gasteiger partial charge in [0.1, 0.15) is 5.75 Å². The molecular formula is C13H15NO3. The monoisotopic (exact) mass is 233 g/mol. The summed E-state index contributed by atoms with van der Waals surface area (Å²) in [5.74, 6) is 1.14. The van der Waals surface area contributed by atoms with Crippen molar-refractivity contribution >= 4 is 10.9 Å². The number of ether oxygens (including phenoxy) is 1. The number of nitrogens with zero attached hydrogens (tertiary/aromatic N) is 1. The Bertz CT molecular complexity index is 574. The van der Waals surface area contributed by atoms with E-state index in [4.69, 9.17) is 9.15 Å². The van der Waals surface area contributed by atoms with Crippen LogP contribution in [0.3, 0.4) is 0 Å². The van der Waals surface area contributed by atoms with E-state index in [2.05, 4.69) is 11.9 Å². The first kappa shape index (κ1) is 11.6. The number of fused-ring (bicyclic) bond motifs is 1. The molecule has 0 saturated carbocycles. The molecule has 0 spiro atoms. The van der Waals surface area contributed by atoms with Crippen molar-refractivity contribution in [3.63, 3.8) is 0 Å². The minimum Gasteiger partial charge on any atom is -0.497 e. The van der Waals surface area contributed by atoms with Gasteiger partial charge in [0.05, 0.1) is 18.0 Å². The Hall–Kier alpha value is -1.84. The fraction of sp³-hybridized carbons (Fsp3) is 0.385. The first-order valence-electron chi connectivity index (χ1n) is 5.72. The number of rotatable bonds is 4. The molecule has 90 valence electrons. The van der Waals surface area contributed by atoms with Crippen molar-refractivity contribution in [1.82, 2.24) is 4.98 Å². The fourth-order valence-electron chi connectivity index (χ4n) is 1.66. The Balaban J connectivity index is 2.48. The van der Waals surface area contributed by atoms with E-state index in [0.717, 1.165) is 12.8 Å². The maximum absolute atomic E-state index is 11.8. The summed E-state index contributed by atoms with van der Waals surface area (Å²) >= 11 is 0. The highest BCUT2D eigenvalue weighted by Gasteiger charge is 2.07. The van der Waals surface area contributed by atoms with Gasteiger partial charge in [-0.3, -0.25) is 0 Å². The number of hydrogen-bond donors (Lipinski definition) is 0. The molecule has 0 N–H and O–H groups in total. The van der Waals surface area contributed by atoms with E-state index in [-0.39, 0.29) is 5.63 Å². The van der Waals surface area contributed by atoms with Gasteiger partial charge in [-0.25, -0.2) is 9.78 Å². The average Bonchev–Trinajstić information content (AvgIpc) is 2.36. The lowest BCUT2D eigenvalue weighted by Crippen LogP contribution is -2.05. The van der Waals surface area contributed by atoms with E-state index in [9.17, 15) is 4.79 Å². The summed E-state index contributed by atoms with van der Waals surface area (Å²) in [4.78, 5) is 16.1. The quantitative estimate of drug-likeness (QED) is 0.814. The molecule has 1 heterocycles. The predicted molar refractivity (Wildman–Crippen MR) is 65.4 cm³/mol. The highest BCUT2D eigenvalue weighted by atomic mass is 16.5. The van der Waals surface area contributed by atoms with Crippen molar-refractivity contribution < 1.29 is 9.15 Å². The Morgan fingerprint density at radius 3 is 2.94 bits per heavy atom. The fourth-order valence-corrected chi connectivity index (χ4v) is 1.66. The second-order valence-corrected chi connectivity index (χ2v) is 3.88. The zero-order valence-corrected chi connectivity index (χ0v) is 10.0. The van der Waals surface area contributed by atoms with E-state index in [1.54, 1.807) is 25.3 Å². The van der Waals surface area contributed by atoms with Crippen LogP contribution in [0.4, 0.5) is 0 Å². The summed E-state index contributed by atoms with van der Waals surface area (Å²) < 4.78 is 10.2. The molecule has 0 aliphatic heterocycles. The summed E-state index contributed by atoms with van der Waals surface area (Å²) in [5, 5.41) is 0.463. The van der Waals surface area contributed by atoms with Gasteiger partial charge >= 0.3 is 5.63 Å². The molecule has 1 aromatic carbocycles. The van der Waals surface area contributed by atoms with Gasteiger partial charge in [-0.15, -0.1) is 0 Å². The molecule has 0 saturated heterocycles. The first-order valence-corrected chi connectivity index (χ1v) is 5.72. The summed E-state index contributed by atoms with van der Waals surface area (Å²) in [6.07, 6.45) is 2.72. The van der Waals surface area contributed by atoms with Crippen LogP contribution in [0.5, 0.6) is 5.75 Å². The molecule has 0 aliphatic rings. The second kappa shape index (κ2) is 4.99. The van der Waals surface area contributed by atoms with E-state index in [1.807, 2.05) is 0 Å². The Labute approximate surface area is 99.2 Å². The molecule has 0 unspecified atom stereocenters. The van der Waals surface area contributed by atoms with E-state index < -0.39 is 0 Å². The Morgan fingerprint density at radius 1 is 1.41 bits per heavy atom. The lowest BCUT2D eigenvalue weighted by molar-refractivity contribution is 0.414. The van der Waals surface area contributed by atoms with E-state index >= 15 is 0 Å². The molecule has 0 atom stereocenters. The normalized spacial score (nSPS) is 10.7. The number of benzene rings is 1. The highest BCUT2D eigenvalue weighted by molar-refractivity contribution is 5.78. The molecule has 0 aliphatic carbocycles. The zero-order valence-electron chi connectivity index (χ0n) is 10.0. The van der Waals surface area contributed by atoms with Crippen LogP contribution in [-0.2, 0) is 6.42 Å². The van der Waals surface area contributed by atoms with Crippen molar-refractivity contribution in [3.05, 3.63) is 34.5 Å². The van der Waals surface area contributed by atoms with Crippen LogP contribution in [0.1, 0.15) is 25.7 Å². The van der Waals surface area contributed by atoms with Gasteiger partial charge < -0.3 is 9.15 Å². The van der Waals surface area contributed by atoms with Crippen molar-refractivity contribution in [3.8, 4) is 5.75 Å². The summed E-state index contributed by atoms with van der Waals surface area (Å²) in [7, 11) is 1.56. The van der Waals surface area contributed by atoms with Gasteiger partial charge in [0.15, 0.2) is 5.89 Å². The SMILES string of the molecule is CCCCc1nc2ccc(OC)cc2c(=O)o1. The molecule has 0 fully saturated rings. The van der Waals surface area contributed by atoms with E-state index in [0.29, 0.717) is 29.0 Å². The molecule has 2 rings (SSSR count). The predicted octanol–water partition coefficient (Wildman–Crippen LogP) is 2.54. The Morgan fingerprint density at radius 2 is 2.24 bits per heavy atom. The maximum atomic E-state index is 11.8. The first-order chi connectivity index (χ1) is 8.24. The van der Waals surface area contributed by atoms with Gasteiger partial charge in [0.25, 0.3) is 0 Å². The second-order valence-electron chi connectivity index (χ2n) is 3.88. The van der Waals surface area contributed by atoms with Gasteiger partial charge in [-0.05, 0) is 24.6 Å². The third-order valence-corrected chi connectivity index (χ3v) is 2.62. The topological polar surface area (TPSA) is 52.3 Å². The Kier molecular flexibility index (Phi) is 3.42. The standard InChI is InChI=1S/C13H15NO3/c1-3-4-5-12-14-11-7-6-9(16-2)8-10(11)13(15)17-12/h6-8H,3-5H2,1-2H3. The summed E-state index contributed by atoms with van der Waals surface area (Å²) in [6.45, 7) is 2.09.